The fourth-order valence-corrected chi connectivity index (χ4v) is 2.33. The van der Waals surface area contributed by atoms with Crippen molar-refractivity contribution in [2.24, 2.45) is 5.92 Å². The van der Waals surface area contributed by atoms with E-state index in [-0.39, 0.29) is 5.91 Å². The van der Waals surface area contributed by atoms with Crippen molar-refractivity contribution in [3.8, 4) is 0 Å². The van der Waals surface area contributed by atoms with Crippen molar-refractivity contribution in [1.82, 2.24) is 9.88 Å². The molecule has 0 radical (unpaired) electrons. The van der Waals surface area contributed by atoms with E-state index in [1.165, 1.54) is 12.8 Å². The molecule has 0 atom stereocenters. The second kappa shape index (κ2) is 4.48. The van der Waals surface area contributed by atoms with Gasteiger partial charge in [0.05, 0.1) is 0 Å². The molecular weight excluding hydrogens is 224 g/mol. The van der Waals surface area contributed by atoms with Gasteiger partial charge in [0.1, 0.15) is 0 Å². The molecular formula is C15H18N2O. The van der Waals surface area contributed by atoms with E-state index >= 15 is 0 Å². The fourth-order valence-electron chi connectivity index (χ4n) is 2.33. The molecule has 3 rings (SSSR count). The highest BCUT2D eigenvalue weighted by Crippen LogP contribution is 2.30. The standard InChI is InChI=1S/C15H18N2O/c1-2-17(10-11-3-4-11)15(18)13-6-5-12-7-8-16-14(12)9-13/h5-9,11,16H,2-4,10H2,1H3. The Kier molecular flexibility index (Phi) is 2.82. The molecule has 1 fully saturated rings. The first-order valence-corrected chi connectivity index (χ1v) is 6.64. The summed E-state index contributed by atoms with van der Waals surface area (Å²) in [5, 5.41) is 1.15. The minimum atomic E-state index is 0.154. The van der Waals surface area contributed by atoms with Gasteiger partial charge in [0, 0.05) is 30.4 Å². The summed E-state index contributed by atoms with van der Waals surface area (Å²) in [6.07, 6.45) is 4.46. The van der Waals surface area contributed by atoms with Gasteiger partial charge in [-0.25, -0.2) is 0 Å². The van der Waals surface area contributed by atoms with Crippen molar-refractivity contribution in [2.75, 3.05) is 13.1 Å². The lowest BCUT2D eigenvalue weighted by atomic mass is 10.1. The van der Waals surface area contributed by atoms with Crippen molar-refractivity contribution in [3.05, 3.63) is 36.0 Å². The highest BCUT2D eigenvalue weighted by molar-refractivity contribution is 5.97. The van der Waals surface area contributed by atoms with Gasteiger partial charge >= 0.3 is 0 Å². The van der Waals surface area contributed by atoms with Crippen LogP contribution in [0.25, 0.3) is 10.9 Å². The van der Waals surface area contributed by atoms with Crippen LogP contribution in [-0.4, -0.2) is 28.9 Å². The number of hydrogen-bond acceptors (Lipinski definition) is 1. The molecule has 1 heterocycles. The first-order valence-electron chi connectivity index (χ1n) is 6.64. The third kappa shape index (κ3) is 2.13. The lowest BCUT2D eigenvalue weighted by Gasteiger charge is -2.20. The maximum Gasteiger partial charge on any atom is 0.253 e. The van der Waals surface area contributed by atoms with Crippen LogP contribution in [0.2, 0.25) is 0 Å². The molecule has 2 aromatic rings. The number of fused-ring (bicyclic) bond motifs is 1. The SMILES string of the molecule is CCN(CC1CC1)C(=O)c1ccc2cc[nH]c2c1. The number of aromatic nitrogens is 1. The summed E-state index contributed by atoms with van der Waals surface area (Å²) in [5.41, 5.74) is 1.82. The molecule has 1 aliphatic rings. The summed E-state index contributed by atoms with van der Waals surface area (Å²) in [6, 6.07) is 7.90. The second-order valence-corrected chi connectivity index (χ2v) is 5.07. The molecule has 0 aliphatic heterocycles. The lowest BCUT2D eigenvalue weighted by molar-refractivity contribution is 0.0757. The Morgan fingerprint density at radius 3 is 2.94 bits per heavy atom. The van der Waals surface area contributed by atoms with Crippen LogP contribution in [0.1, 0.15) is 30.1 Å². The molecule has 0 spiro atoms. The summed E-state index contributed by atoms with van der Waals surface area (Å²) < 4.78 is 0. The Bertz CT molecular complexity index is 569. The molecule has 1 aromatic heterocycles. The maximum absolute atomic E-state index is 12.4. The quantitative estimate of drug-likeness (QED) is 0.879. The van der Waals surface area contributed by atoms with Crippen LogP contribution in [0.4, 0.5) is 0 Å². The zero-order valence-electron chi connectivity index (χ0n) is 10.6. The van der Waals surface area contributed by atoms with E-state index in [1.54, 1.807) is 0 Å². The molecule has 0 bridgehead atoms. The minimum Gasteiger partial charge on any atom is -0.361 e. The first-order chi connectivity index (χ1) is 8.78. The van der Waals surface area contributed by atoms with E-state index < -0.39 is 0 Å². The topological polar surface area (TPSA) is 36.1 Å². The lowest BCUT2D eigenvalue weighted by Crippen LogP contribution is -2.32. The predicted octanol–water partition coefficient (Wildman–Crippen LogP) is 3.04. The molecule has 1 N–H and O–H groups in total. The Morgan fingerprint density at radius 1 is 1.39 bits per heavy atom. The van der Waals surface area contributed by atoms with E-state index in [2.05, 4.69) is 4.98 Å². The highest BCUT2D eigenvalue weighted by atomic mass is 16.2. The summed E-state index contributed by atoms with van der Waals surface area (Å²) in [6.45, 7) is 3.75. The highest BCUT2D eigenvalue weighted by Gasteiger charge is 2.26. The average molecular weight is 242 g/mol. The van der Waals surface area contributed by atoms with Crippen LogP contribution >= 0.6 is 0 Å². The number of nitrogens with one attached hydrogen (secondary N) is 1. The van der Waals surface area contributed by atoms with Crippen LogP contribution in [0.15, 0.2) is 30.5 Å². The van der Waals surface area contributed by atoms with E-state index in [0.29, 0.717) is 0 Å². The largest absolute Gasteiger partial charge is 0.361 e. The van der Waals surface area contributed by atoms with Gasteiger partial charge in [0.15, 0.2) is 0 Å². The zero-order chi connectivity index (χ0) is 12.5. The first kappa shape index (κ1) is 11.3. The van der Waals surface area contributed by atoms with Crippen LogP contribution in [0.3, 0.4) is 0 Å². The minimum absolute atomic E-state index is 0.154. The van der Waals surface area contributed by atoms with Gasteiger partial charge in [-0.15, -0.1) is 0 Å². The second-order valence-electron chi connectivity index (χ2n) is 5.07. The molecule has 18 heavy (non-hydrogen) atoms. The molecule has 1 amide bonds. The van der Waals surface area contributed by atoms with Gasteiger partial charge in [-0.1, -0.05) is 6.07 Å². The third-order valence-corrected chi connectivity index (χ3v) is 3.65. The van der Waals surface area contributed by atoms with Crippen LogP contribution in [0, 0.1) is 5.92 Å². The monoisotopic (exact) mass is 242 g/mol. The average Bonchev–Trinajstić information content (AvgIpc) is 3.09. The van der Waals surface area contributed by atoms with Crippen molar-refractivity contribution >= 4 is 16.8 Å². The molecule has 3 nitrogen and oxygen atoms in total. The van der Waals surface area contributed by atoms with Gasteiger partial charge in [-0.05, 0) is 49.3 Å². The number of rotatable bonds is 4. The number of H-pyrrole nitrogens is 1. The van der Waals surface area contributed by atoms with Gasteiger partial charge in [-0.2, -0.15) is 0 Å². The molecule has 0 unspecified atom stereocenters. The maximum atomic E-state index is 12.4. The number of carbonyl (C=O) groups is 1. The number of hydrogen-bond donors (Lipinski definition) is 1. The Hall–Kier alpha value is -1.77. The van der Waals surface area contributed by atoms with Gasteiger partial charge in [0.2, 0.25) is 0 Å². The number of aromatic amines is 1. The summed E-state index contributed by atoms with van der Waals surface area (Å²) in [5.74, 6) is 0.893. The van der Waals surface area contributed by atoms with Crippen LogP contribution in [-0.2, 0) is 0 Å². The van der Waals surface area contributed by atoms with Gasteiger partial charge in [0.25, 0.3) is 5.91 Å². The van der Waals surface area contributed by atoms with Crippen molar-refractivity contribution < 1.29 is 4.79 Å². The fraction of sp³-hybridized carbons (Fsp3) is 0.400. The van der Waals surface area contributed by atoms with Crippen molar-refractivity contribution in [2.45, 2.75) is 19.8 Å². The van der Waals surface area contributed by atoms with Crippen molar-refractivity contribution in [1.29, 1.82) is 0 Å². The number of nitrogens with zero attached hydrogens (tertiary/aromatic N) is 1. The number of carbonyl (C=O) groups excluding carboxylic acids is 1. The molecule has 1 aliphatic carbocycles. The molecule has 0 saturated heterocycles. The Balaban J connectivity index is 1.84. The number of amides is 1. The summed E-state index contributed by atoms with van der Waals surface area (Å²) >= 11 is 0. The molecule has 1 saturated carbocycles. The van der Waals surface area contributed by atoms with Gasteiger partial charge < -0.3 is 9.88 Å². The normalized spacial score (nSPS) is 14.9. The van der Waals surface area contributed by atoms with E-state index in [1.807, 2.05) is 42.3 Å². The number of benzene rings is 1. The summed E-state index contributed by atoms with van der Waals surface area (Å²) in [4.78, 5) is 17.5. The van der Waals surface area contributed by atoms with E-state index in [0.717, 1.165) is 35.5 Å². The van der Waals surface area contributed by atoms with E-state index in [4.69, 9.17) is 0 Å². The van der Waals surface area contributed by atoms with Crippen molar-refractivity contribution in [3.63, 3.8) is 0 Å². The zero-order valence-corrected chi connectivity index (χ0v) is 10.6. The smallest absolute Gasteiger partial charge is 0.253 e. The Labute approximate surface area is 107 Å². The molecule has 94 valence electrons. The van der Waals surface area contributed by atoms with Crippen LogP contribution < -0.4 is 0 Å². The molecule has 3 heteroatoms. The summed E-state index contributed by atoms with van der Waals surface area (Å²) in [7, 11) is 0. The third-order valence-electron chi connectivity index (χ3n) is 3.65. The Morgan fingerprint density at radius 2 is 2.22 bits per heavy atom. The van der Waals surface area contributed by atoms with E-state index in [9.17, 15) is 4.79 Å². The predicted molar refractivity (Wildman–Crippen MR) is 72.6 cm³/mol. The van der Waals surface area contributed by atoms with Gasteiger partial charge in [-0.3, -0.25) is 4.79 Å². The van der Waals surface area contributed by atoms with Crippen LogP contribution in [0.5, 0.6) is 0 Å². The molecule has 1 aromatic carbocycles.